The van der Waals surface area contributed by atoms with Crippen molar-refractivity contribution in [3.8, 4) is 11.5 Å². The molecule has 0 aliphatic carbocycles. The molecule has 0 radical (unpaired) electrons. The molecule has 0 N–H and O–H groups in total. The Hall–Kier alpha value is -2.20. The largest absolute Gasteiger partial charge is 0.339 e. The highest BCUT2D eigenvalue weighted by Gasteiger charge is 2.11. The molecule has 0 fully saturated rings. The van der Waals surface area contributed by atoms with Gasteiger partial charge in [-0.15, -0.1) is 0 Å². The third-order valence-electron chi connectivity index (χ3n) is 2.66. The molecule has 0 spiro atoms. The molecule has 3 rings (SSSR count). The van der Waals surface area contributed by atoms with Crippen LogP contribution < -0.4 is 0 Å². The predicted octanol–water partition coefficient (Wildman–Crippen LogP) is 3.38. The van der Waals surface area contributed by atoms with Crippen LogP contribution in [-0.2, 0) is 6.42 Å². The van der Waals surface area contributed by atoms with Gasteiger partial charge in [-0.1, -0.05) is 41.0 Å². The van der Waals surface area contributed by atoms with Crippen molar-refractivity contribution in [2.75, 3.05) is 0 Å². The quantitative estimate of drug-likeness (QED) is 0.733. The first-order valence-corrected chi connectivity index (χ1v) is 6.18. The third-order valence-corrected chi connectivity index (χ3v) is 3.03. The van der Waals surface area contributed by atoms with Crippen molar-refractivity contribution in [1.29, 1.82) is 0 Å². The van der Waals surface area contributed by atoms with E-state index in [1.807, 2.05) is 42.5 Å². The van der Waals surface area contributed by atoms with Crippen molar-refractivity contribution in [2.45, 2.75) is 6.42 Å². The third kappa shape index (κ3) is 2.63. The number of aromatic nitrogens is 3. The number of hydrogen-bond donors (Lipinski definition) is 0. The maximum atomic E-state index is 6.10. The molecule has 0 bridgehead atoms. The van der Waals surface area contributed by atoms with Gasteiger partial charge in [0, 0.05) is 11.2 Å². The van der Waals surface area contributed by atoms with Crippen LogP contribution in [0.4, 0.5) is 0 Å². The number of nitrogens with zero attached hydrogens (tertiary/aromatic N) is 3. The molecule has 5 heteroatoms. The summed E-state index contributed by atoms with van der Waals surface area (Å²) in [7, 11) is 0. The Morgan fingerprint density at radius 2 is 1.89 bits per heavy atom. The highest BCUT2D eigenvalue weighted by Crippen LogP contribution is 2.19. The van der Waals surface area contributed by atoms with Crippen molar-refractivity contribution < 1.29 is 4.52 Å². The summed E-state index contributed by atoms with van der Waals surface area (Å²) >= 11 is 6.10. The van der Waals surface area contributed by atoms with E-state index < -0.39 is 0 Å². The molecule has 0 amide bonds. The average Bonchev–Trinajstić information content (AvgIpc) is 2.91. The van der Waals surface area contributed by atoms with Crippen LogP contribution in [0.2, 0.25) is 5.02 Å². The van der Waals surface area contributed by atoms with Crippen molar-refractivity contribution in [2.24, 2.45) is 0 Å². The van der Waals surface area contributed by atoms with Gasteiger partial charge in [-0.2, -0.15) is 4.98 Å². The van der Waals surface area contributed by atoms with Crippen LogP contribution in [0.5, 0.6) is 0 Å². The van der Waals surface area contributed by atoms with Crippen molar-refractivity contribution >= 4 is 11.6 Å². The van der Waals surface area contributed by atoms with E-state index in [1.54, 1.807) is 6.20 Å². The summed E-state index contributed by atoms with van der Waals surface area (Å²) in [5, 5.41) is 4.62. The second-order valence-corrected chi connectivity index (χ2v) is 4.40. The summed E-state index contributed by atoms with van der Waals surface area (Å²) in [6.07, 6.45) is 2.21. The maximum Gasteiger partial charge on any atom is 0.231 e. The number of pyridine rings is 1. The number of hydrogen-bond acceptors (Lipinski definition) is 4. The number of benzene rings is 1. The standard InChI is InChI=1S/C14H10ClN3O/c15-11-6-2-1-5-10(11)9-13-17-14(18-19-13)12-7-3-4-8-16-12/h1-8H,9H2. The van der Waals surface area contributed by atoms with Crippen LogP contribution in [0, 0.1) is 0 Å². The first-order chi connectivity index (χ1) is 9.33. The molecule has 0 saturated carbocycles. The van der Waals surface area contributed by atoms with E-state index in [2.05, 4.69) is 15.1 Å². The molecule has 0 aliphatic rings. The van der Waals surface area contributed by atoms with Gasteiger partial charge < -0.3 is 4.52 Å². The zero-order valence-corrected chi connectivity index (χ0v) is 10.7. The first kappa shape index (κ1) is 11.9. The summed E-state index contributed by atoms with van der Waals surface area (Å²) in [5.41, 5.74) is 1.65. The SMILES string of the molecule is Clc1ccccc1Cc1nc(-c2ccccn2)no1. The van der Waals surface area contributed by atoms with Crippen LogP contribution in [0.3, 0.4) is 0 Å². The average molecular weight is 272 g/mol. The molecular formula is C14H10ClN3O. The fourth-order valence-electron chi connectivity index (χ4n) is 1.73. The molecule has 1 aromatic carbocycles. The van der Waals surface area contributed by atoms with E-state index in [0.29, 0.717) is 28.9 Å². The molecule has 2 heterocycles. The van der Waals surface area contributed by atoms with E-state index in [1.165, 1.54) is 0 Å². The summed E-state index contributed by atoms with van der Waals surface area (Å²) < 4.78 is 5.22. The monoisotopic (exact) mass is 271 g/mol. The molecule has 3 aromatic rings. The van der Waals surface area contributed by atoms with Gasteiger partial charge in [0.1, 0.15) is 5.69 Å². The number of rotatable bonds is 3. The molecule has 19 heavy (non-hydrogen) atoms. The van der Waals surface area contributed by atoms with E-state index in [4.69, 9.17) is 16.1 Å². The molecule has 0 saturated heterocycles. The lowest BCUT2D eigenvalue weighted by atomic mass is 10.1. The van der Waals surface area contributed by atoms with Gasteiger partial charge in [0.25, 0.3) is 0 Å². The smallest absolute Gasteiger partial charge is 0.231 e. The maximum absolute atomic E-state index is 6.10. The van der Waals surface area contributed by atoms with Gasteiger partial charge in [-0.3, -0.25) is 4.98 Å². The Labute approximate surface area is 115 Å². The van der Waals surface area contributed by atoms with E-state index in [-0.39, 0.29) is 0 Å². The van der Waals surface area contributed by atoms with Gasteiger partial charge in [0.05, 0.1) is 6.42 Å². The van der Waals surface area contributed by atoms with Crippen LogP contribution in [-0.4, -0.2) is 15.1 Å². The summed E-state index contributed by atoms with van der Waals surface area (Å²) in [4.78, 5) is 8.49. The lowest BCUT2D eigenvalue weighted by molar-refractivity contribution is 0.385. The van der Waals surface area contributed by atoms with Crippen LogP contribution in [0.25, 0.3) is 11.5 Å². The summed E-state index contributed by atoms with van der Waals surface area (Å²) in [5.74, 6) is 1.01. The molecule has 94 valence electrons. The van der Waals surface area contributed by atoms with Crippen LogP contribution >= 0.6 is 11.6 Å². The summed E-state index contributed by atoms with van der Waals surface area (Å²) in [6.45, 7) is 0. The van der Waals surface area contributed by atoms with Crippen molar-refractivity contribution in [3.63, 3.8) is 0 Å². The Morgan fingerprint density at radius 1 is 1.05 bits per heavy atom. The highest BCUT2D eigenvalue weighted by atomic mass is 35.5. The minimum Gasteiger partial charge on any atom is -0.339 e. The van der Waals surface area contributed by atoms with Crippen molar-refractivity contribution in [1.82, 2.24) is 15.1 Å². The predicted molar refractivity (Wildman–Crippen MR) is 71.8 cm³/mol. The number of halogens is 1. The Balaban J connectivity index is 1.85. The van der Waals surface area contributed by atoms with Gasteiger partial charge in [0.15, 0.2) is 0 Å². The van der Waals surface area contributed by atoms with E-state index in [0.717, 1.165) is 5.56 Å². The fraction of sp³-hybridized carbons (Fsp3) is 0.0714. The van der Waals surface area contributed by atoms with E-state index >= 15 is 0 Å². The lowest BCUT2D eigenvalue weighted by Crippen LogP contribution is -1.90. The fourth-order valence-corrected chi connectivity index (χ4v) is 1.93. The van der Waals surface area contributed by atoms with Crippen LogP contribution in [0.15, 0.2) is 53.2 Å². The first-order valence-electron chi connectivity index (χ1n) is 5.80. The molecule has 0 unspecified atom stereocenters. The lowest BCUT2D eigenvalue weighted by Gasteiger charge is -1.98. The second kappa shape index (κ2) is 5.20. The highest BCUT2D eigenvalue weighted by molar-refractivity contribution is 6.31. The molecule has 0 atom stereocenters. The van der Waals surface area contributed by atoms with Gasteiger partial charge in [0.2, 0.25) is 11.7 Å². The molecule has 2 aromatic heterocycles. The summed E-state index contributed by atoms with van der Waals surface area (Å²) in [6, 6.07) is 13.2. The van der Waals surface area contributed by atoms with Crippen molar-refractivity contribution in [3.05, 3.63) is 65.1 Å². The van der Waals surface area contributed by atoms with Gasteiger partial charge in [-0.05, 0) is 23.8 Å². The molecule has 0 aliphatic heterocycles. The van der Waals surface area contributed by atoms with E-state index in [9.17, 15) is 0 Å². The zero-order valence-electron chi connectivity index (χ0n) is 9.95. The zero-order chi connectivity index (χ0) is 13.1. The topological polar surface area (TPSA) is 51.8 Å². The molecular weight excluding hydrogens is 262 g/mol. The Bertz CT molecular complexity index is 682. The van der Waals surface area contributed by atoms with Gasteiger partial charge >= 0.3 is 0 Å². The Morgan fingerprint density at radius 3 is 2.68 bits per heavy atom. The van der Waals surface area contributed by atoms with Crippen LogP contribution in [0.1, 0.15) is 11.5 Å². The molecule has 4 nitrogen and oxygen atoms in total. The second-order valence-electron chi connectivity index (χ2n) is 3.99. The minimum atomic E-state index is 0.489. The normalized spacial score (nSPS) is 10.6. The minimum absolute atomic E-state index is 0.489. The Kier molecular flexibility index (Phi) is 3.25. The van der Waals surface area contributed by atoms with Gasteiger partial charge in [-0.25, -0.2) is 0 Å².